The number of alkyl halides is 1. The van der Waals surface area contributed by atoms with Crippen LogP contribution in [-0.4, -0.2) is 38.3 Å². The number of ether oxygens (including phenoxy) is 3. The number of aliphatic carboxylic acids is 1. The first-order valence-corrected chi connectivity index (χ1v) is 12.3. The van der Waals surface area contributed by atoms with Crippen molar-refractivity contribution in [2.75, 3.05) is 26.4 Å². The second-order valence-corrected chi connectivity index (χ2v) is 9.10. The molecule has 1 aliphatic heterocycles. The number of para-hydroxylation sites is 1. The zero-order chi connectivity index (χ0) is 26.4. The Kier molecular flexibility index (Phi) is 10.7. The van der Waals surface area contributed by atoms with E-state index < -0.39 is 18.2 Å². The Hall–Kier alpha value is -2.49. The van der Waals surface area contributed by atoms with Crippen LogP contribution < -0.4 is 54.2 Å². The fourth-order valence-electron chi connectivity index (χ4n) is 4.07. The van der Waals surface area contributed by atoms with Crippen LogP contribution in [0.1, 0.15) is 27.9 Å². The van der Waals surface area contributed by atoms with Crippen molar-refractivity contribution < 1.29 is 62.9 Å². The van der Waals surface area contributed by atoms with Gasteiger partial charge in [-0.1, -0.05) is 47.5 Å². The number of fused-ring (bicyclic) bond motifs is 1. The molecule has 0 saturated carbocycles. The SMILES string of the molecule is O=C(NCCc1ccc(Cl)cc1OCCF)c1ccc(OC2(C(=O)[O-])CCOc3ccccc32)c(Cl)c1.[Na+]. The third-order valence-corrected chi connectivity index (χ3v) is 6.42. The van der Waals surface area contributed by atoms with E-state index in [1.165, 1.54) is 18.2 Å². The van der Waals surface area contributed by atoms with Crippen molar-refractivity contribution in [3.8, 4) is 17.2 Å². The zero-order valence-corrected chi connectivity index (χ0v) is 24.1. The Morgan fingerprint density at radius 3 is 2.61 bits per heavy atom. The van der Waals surface area contributed by atoms with E-state index in [4.69, 9.17) is 37.4 Å². The van der Waals surface area contributed by atoms with Gasteiger partial charge in [0.25, 0.3) is 5.91 Å². The molecule has 0 fully saturated rings. The van der Waals surface area contributed by atoms with Crippen LogP contribution in [0.4, 0.5) is 4.39 Å². The molecule has 0 aromatic heterocycles. The Labute approximate surface area is 251 Å². The molecule has 194 valence electrons. The number of benzene rings is 3. The van der Waals surface area contributed by atoms with Gasteiger partial charge in [-0.05, 0) is 48.4 Å². The summed E-state index contributed by atoms with van der Waals surface area (Å²) in [6, 6.07) is 16.1. The number of rotatable bonds is 10. The predicted molar refractivity (Wildman–Crippen MR) is 134 cm³/mol. The molecule has 3 aromatic rings. The minimum atomic E-state index is -1.79. The van der Waals surface area contributed by atoms with Crippen LogP contribution in [0.3, 0.4) is 0 Å². The molecule has 1 unspecified atom stereocenters. The number of carboxylic acids is 1. The zero-order valence-electron chi connectivity index (χ0n) is 20.6. The smallest absolute Gasteiger partial charge is 0.545 e. The minimum Gasteiger partial charge on any atom is -0.545 e. The fourth-order valence-corrected chi connectivity index (χ4v) is 4.45. The van der Waals surface area contributed by atoms with Crippen molar-refractivity contribution in [1.29, 1.82) is 0 Å². The summed E-state index contributed by atoms with van der Waals surface area (Å²) in [7, 11) is 0. The van der Waals surface area contributed by atoms with Crippen molar-refractivity contribution in [1.82, 2.24) is 5.32 Å². The molecule has 0 spiro atoms. The van der Waals surface area contributed by atoms with Gasteiger partial charge >= 0.3 is 29.6 Å². The first-order valence-electron chi connectivity index (χ1n) is 11.5. The van der Waals surface area contributed by atoms with Gasteiger partial charge < -0.3 is 29.4 Å². The topological polar surface area (TPSA) is 96.9 Å². The van der Waals surface area contributed by atoms with Gasteiger partial charge in [0.2, 0.25) is 0 Å². The number of carbonyl (C=O) groups is 2. The standard InChI is InChI=1S/C27H24Cl2FNO6.Na/c28-19-7-5-17(24(16-19)36-14-11-30)9-12-31-25(32)18-6-8-23(21(29)15-18)37-27(26(33)34)10-13-35-22-4-2-1-3-20(22)27;/h1-8,15-16H,9-14H2,(H,31,32)(H,33,34);/q;+1/p-1. The molecule has 11 heteroatoms. The molecule has 0 bridgehead atoms. The van der Waals surface area contributed by atoms with Gasteiger partial charge in [0.1, 0.15) is 30.5 Å². The van der Waals surface area contributed by atoms with Crippen molar-refractivity contribution in [2.45, 2.75) is 18.4 Å². The van der Waals surface area contributed by atoms with Gasteiger partial charge in [-0.2, -0.15) is 0 Å². The maximum Gasteiger partial charge on any atom is 1.00 e. The van der Waals surface area contributed by atoms with Gasteiger partial charge in [-0.3, -0.25) is 4.79 Å². The van der Waals surface area contributed by atoms with Gasteiger partial charge in [-0.25, -0.2) is 4.39 Å². The van der Waals surface area contributed by atoms with Crippen molar-refractivity contribution >= 4 is 35.1 Å². The van der Waals surface area contributed by atoms with E-state index in [1.807, 2.05) is 0 Å². The normalized spacial score (nSPS) is 15.9. The summed E-state index contributed by atoms with van der Waals surface area (Å²) in [5.41, 5.74) is -0.430. The van der Waals surface area contributed by atoms with Crippen LogP contribution in [0.15, 0.2) is 60.7 Å². The van der Waals surface area contributed by atoms with Gasteiger partial charge in [0.15, 0.2) is 5.60 Å². The van der Waals surface area contributed by atoms with Crippen LogP contribution in [0.25, 0.3) is 0 Å². The second kappa shape index (κ2) is 13.5. The quantitative estimate of drug-likeness (QED) is 0.368. The number of halogens is 3. The van der Waals surface area contributed by atoms with E-state index in [-0.39, 0.29) is 78.0 Å². The summed E-state index contributed by atoms with van der Waals surface area (Å²) in [6.07, 6.45) is 0.446. The summed E-state index contributed by atoms with van der Waals surface area (Å²) in [5, 5.41) is 15.6. The third kappa shape index (κ3) is 6.74. The molecular formula is C27H23Cl2FNNaO6. The summed E-state index contributed by atoms with van der Waals surface area (Å²) in [4.78, 5) is 24.9. The van der Waals surface area contributed by atoms with E-state index >= 15 is 0 Å². The van der Waals surface area contributed by atoms with Crippen molar-refractivity contribution in [3.63, 3.8) is 0 Å². The van der Waals surface area contributed by atoms with E-state index in [0.29, 0.717) is 28.5 Å². The van der Waals surface area contributed by atoms with Crippen LogP contribution >= 0.6 is 23.2 Å². The average molecular weight is 570 g/mol. The second-order valence-electron chi connectivity index (χ2n) is 8.25. The van der Waals surface area contributed by atoms with Crippen LogP contribution in [0.2, 0.25) is 10.0 Å². The van der Waals surface area contributed by atoms with Crippen molar-refractivity contribution in [2.24, 2.45) is 0 Å². The van der Waals surface area contributed by atoms with E-state index in [0.717, 1.165) is 5.56 Å². The molecule has 0 saturated heterocycles. The maximum absolute atomic E-state index is 12.7. The number of hydrogen-bond acceptors (Lipinski definition) is 6. The number of amides is 1. The van der Waals surface area contributed by atoms with Crippen LogP contribution in [-0.2, 0) is 16.8 Å². The summed E-state index contributed by atoms with van der Waals surface area (Å²) in [5.74, 6) is -0.864. The van der Waals surface area contributed by atoms with Crippen LogP contribution in [0.5, 0.6) is 17.2 Å². The molecule has 0 aliphatic carbocycles. The average Bonchev–Trinajstić information content (AvgIpc) is 2.89. The summed E-state index contributed by atoms with van der Waals surface area (Å²) >= 11 is 12.4. The summed E-state index contributed by atoms with van der Waals surface area (Å²) in [6.45, 7) is -0.331. The summed E-state index contributed by atoms with van der Waals surface area (Å²) < 4.78 is 29.4. The van der Waals surface area contributed by atoms with Crippen LogP contribution in [0, 0.1) is 0 Å². The first-order chi connectivity index (χ1) is 17.8. The minimum absolute atomic E-state index is 0. The Balaban J connectivity index is 0.00000400. The molecule has 3 aromatic carbocycles. The maximum atomic E-state index is 12.7. The molecule has 38 heavy (non-hydrogen) atoms. The number of nitrogens with one attached hydrogen (secondary N) is 1. The fraction of sp³-hybridized carbons (Fsp3) is 0.259. The molecule has 4 rings (SSSR count). The molecule has 1 amide bonds. The molecule has 1 atom stereocenters. The van der Waals surface area contributed by atoms with Gasteiger partial charge in [0, 0.05) is 29.1 Å². The largest absolute Gasteiger partial charge is 1.00 e. The Morgan fingerprint density at radius 1 is 1.08 bits per heavy atom. The first kappa shape index (κ1) is 30.1. The van der Waals surface area contributed by atoms with Crippen molar-refractivity contribution in [3.05, 3.63) is 87.4 Å². The predicted octanol–water partition coefficient (Wildman–Crippen LogP) is 1.12. The van der Waals surface area contributed by atoms with E-state index in [9.17, 15) is 19.1 Å². The van der Waals surface area contributed by atoms with E-state index in [1.54, 1.807) is 42.5 Å². The Morgan fingerprint density at radius 2 is 1.87 bits per heavy atom. The Bertz CT molecular complexity index is 1310. The van der Waals surface area contributed by atoms with Gasteiger partial charge in [0.05, 0.1) is 17.6 Å². The molecular weight excluding hydrogens is 547 g/mol. The van der Waals surface area contributed by atoms with E-state index in [2.05, 4.69) is 5.32 Å². The monoisotopic (exact) mass is 569 g/mol. The third-order valence-electron chi connectivity index (χ3n) is 5.89. The number of carbonyl (C=O) groups excluding carboxylic acids is 2. The number of carboxylic acid groups (broad SMARTS) is 1. The molecule has 1 aliphatic rings. The number of hydrogen-bond donors (Lipinski definition) is 1. The molecule has 7 nitrogen and oxygen atoms in total. The molecule has 1 heterocycles. The molecule has 1 N–H and O–H groups in total. The van der Waals surface area contributed by atoms with Gasteiger partial charge in [-0.15, -0.1) is 0 Å². The molecule has 0 radical (unpaired) electrons.